The molecule has 0 radical (unpaired) electrons. The van der Waals surface area contributed by atoms with Crippen molar-refractivity contribution in [2.75, 3.05) is 39.1 Å². The van der Waals surface area contributed by atoms with Crippen LogP contribution in [0.1, 0.15) is 46.5 Å². The highest BCUT2D eigenvalue weighted by molar-refractivity contribution is 7.89. The molecular formula is C17H33N3O4S. The van der Waals surface area contributed by atoms with Crippen molar-refractivity contribution in [2.24, 2.45) is 5.92 Å². The summed E-state index contributed by atoms with van der Waals surface area (Å²) < 4.78 is 31.0. The number of piperidine rings is 1. The second kappa shape index (κ2) is 8.33. The number of methoxy groups -OCH3 is 1. The maximum absolute atomic E-state index is 13.0. The Morgan fingerprint density at radius 3 is 2.48 bits per heavy atom. The second-order valence-corrected chi connectivity index (χ2v) is 9.43. The van der Waals surface area contributed by atoms with Gasteiger partial charge < -0.3 is 9.64 Å². The number of amides is 1. The largest absolute Gasteiger partial charge is 0.385 e. The number of nitrogens with one attached hydrogen (secondary N) is 1. The Labute approximate surface area is 152 Å². The van der Waals surface area contributed by atoms with Crippen LogP contribution in [0.4, 0.5) is 0 Å². The van der Waals surface area contributed by atoms with Crippen LogP contribution in [0, 0.1) is 5.92 Å². The van der Waals surface area contributed by atoms with Gasteiger partial charge in [0.05, 0.1) is 17.5 Å². The third kappa shape index (κ3) is 4.18. The first-order valence-corrected chi connectivity index (χ1v) is 11.0. The summed E-state index contributed by atoms with van der Waals surface area (Å²) in [7, 11) is -1.51. The topological polar surface area (TPSA) is 79.0 Å². The summed E-state index contributed by atoms with van der Waals surface area (Å²) >= 11 is 0. The van der Waals surface area contributed by atoms with Crippen molar-refractivity contribution in [2.45, 2.75) is 58.2 Å². The van der Waals surface area contributed by atoms with Gasteiger partial charge in [0.1, 0.15) is 0 Å². The Bertz CT molecular complexity index is 558. The Morgan fingerprint density at radius 2 is 1.96 bits per heavy atom. The molecule has 2 heterocycles. The monoisotopic (exact) mass is 375 g/mol. The highest BCUT2D eigenvalue weighted by Crippen LogP contribution is 2.35. The fraction of sp³-hybridized carbons (Fsp3) is 0.941. The normalized spacial score (nSPS) is 25.7. The predicted octanol–water partition coefficient (Wildman–Crippen LogP) is 1.01. The van der Waals surface area contributed by atoms with Gasteiger partial charge in [-0.05, 0) is 32.1 Å². The van der Waals surface area contributed by atoms with E-state index in [4.69, 9.17) is 4.74 Å². The lowest BCUT2D eigenvalue weighted by atomic mass is 9.96. The van der Waals surface area contributed by atoms with E-state index in [1.807, 2.05) is 4.90 Å². The van der Waals surface area contributed by atoms with E-state index >= 15 is 0 Å². The molecule has 2 aliphatic heterocycles. The molecule has 146 valence electrons. The van der Waals surface area contributed by atoms with Crippen molar-refractivity contribution in [1.29, 1.82) is 0 Å². The SMILES string of the molecule is CCC(C)C1NC2(CCN(S(=O)(=O)CC)CC2)N(CCCOC)C1=O. The van der Waals surface area contributed by atoms with Crippen LogP contribution < -0.4 is 5.32 Å². The smallest absolute Gasteiger partial charge is 0.241 e. The zero-order chi connectivity index (χ0) is 18.7. The molecule has 0 aromatic carbocycles. The van der Waals surface area contributed by atoms with Crippen LogP contribution in [-0.2, 0) is 19.6 Å². The lowest BCUT2D eigenvalue weighted by Crippen LogP contribution is -2.60. The average Bonchev–Trinajstić information content (AvgIpc) is 2.87. The molecule has 2 unspecified atom stereocenters. The summed E-state index contributed by atoms with van der Waals surface area (Å²) in [4.78, 5) is 15.0. The van der Waals surface area contributed by atoms with Crippen LogP contribution in [0.25, 0.3) is 0 Å². The minimum atomic E-state index is -3.17. The van der Waals surface area contributed by atoms with Crippen molar-refractivity contribution >= 4 is 15.9 Å². The highest BCUT2D eigenvalue weighted by atomic mass is 32.2. The minimum absolute atomic E-state index is 0.124. The quantitative estimate of drug-likeness (QED) is 0.641. The molecule has 7 nitrogen and oxygen atoms in total. The average molecular weight is 376 g/mol. The van der Waals surface area contributed by atoms with E-state index in [-0.39, 0.29) is 23.6 Å². The summed E-state index contributed by atoms with van der Waals surface area (Å²) in [6.07, 6.45) is 2.99. The van der Waals surface area contributed by atoms with Crippen LogP contribution in [-0.4, -0.2) is 74.3 Å². The third-order valence-electron chi connectivity index (χ3n) is 5.72. The summed E-state index contributed by atoms with van der Waals surface area (Å²) in [5, 5.41) is 3.59. The van der Waals surface area contributed by atoms with Gasteiger partial charge in [-0.3, -0.25) is 10.1 Å². The lowest BCUT2D eigenvalue weighted by Gasteiger charge is -2.44. The molecule has 25 heavy (non-hydrogen) atoms. The van der Waals surface area contributed by atoms with Crippen LogP contribution in [0.15, 0.2) is 0 Å². The molecule has 2 rings (SSSR count). The molecule has 2 saturated heterocycles. The number of rotatable bonds is 8. The molecule has 0 aromatic heterocycles. The van der Waals surface area contributed by atoms with E-state index in [1.165, 1.54) is 0 Å². The van der Waals surface area contributed by atoms with Gasteiger partial charge in [-0.1, -0.05) is 20.3 Å². The molecule has 0 aromatic rings. The maximum Gasteiger partial charge on any atom is 0.241 e. The van der Waals surface area contributed by atoms with Crippen molar-refractivity contribution < 1.29 is 17.9 Å². The number of hydrogen-bond acceptors (Lipinski definition) is 5. The summed E-state index contributed by atoms with van der Waals surface area (Å²) in [6.45, 7) is 8.05. The first kappa shape index (κ1) is 20.6. The molecule has 0 bridgehead atoms. The van der Waals surface area contributed by atoms with Crippen molar-refractivity contribution in [1.82, 2.24) is 14.5 Å². The van der Waals surface area contributed by atoms with Crippen LogP contribution in [0.2, 0.25) is 0 Å². The Hall–Kier alpha value is -0.700. The number of sulfonamides is 1. The Kier molecular flexibility index (Phi) is 6.87. The van der Waals surface area contributed by atoms with Gasteiger partial charge >= 0.3 is 0 Å². The van der Waals surface area contributed by atoms with E-state index in [2.05, 4.69) is 19.2 Å². The summed E-state index contributed by atoms with van der Waals surface area (Å²) in [5.41, 5.74) is -0.418. The van der Waals surface area contributed by atoms with E-state index in [1.54, 1.807) is 18.3 Å². The fourth-order valence-electron chi connectivity index (χ4n) is 3.85. The van der Waals surface area contributed by atoms with Crippen molar-refractivity contribution in [3.8, 4) is 0 Å². The molecule has 1 N–H and O–H groups in total. The van der Waals surface area contributed by atoms with Gasteiger partial charge in [-0.15, -0.1) is 0 Å². The highest BCUT2D eigenvalue weighted by Gasteiger charge is 2.52. The summed E-state index contributed by atoms with van der Waals surface area (Å²) in [6, 6.07) is -0.179. The van der Waals surface area contributed by atoms with E-state index < -0.39 is 15.7 Å². The fourth-order valence-corrected chi connectivity index (χ4v) is 4.96. The van der Waals surface area contributed by atoms with E-state index in [9.17, 15) is 13.2 Å². The minimum Gasteiger partial charge on any atom is -0.385 e. The van der Waals surface area contributed by atoms with Gasteiger partial charge in [-0.25, -0.2) is 12.7 Å². The van der Waals surface area contributed by atoms with E-state index in [0.29, 0.717) is 39.1 Å². The Morgan fingerprint density at radius 1 is 1.32 bits per heavy atom. The molecule has 2 aliphatic rings. The summed E-state index contributed by atoms with van der Waals surface area (Å²) in [5.74, 6) is 0.533. The Balaban J connectivity index is 2.16. The molecule has 2 atom stereocenters. The first-order chi connectivity index (χ1) is 11.8. The number of carbonyl (C=O) groups is 1. The number of carbonyl (C=O) groups excluding carboxylic acids is 1. The number of nitrogens with zero attached hydrogens (tertiary/aromatic N) is 2. The number of ether oxygens (including phenoxy) is 1. The second-order valence-electron chi connectivity index (χ2n) is 7.17. The van der Waals surface area contributed by atoms with Crippen LogP contribution >= 0.6 is 0 Å². The third-order valence-corrected chi connectivity index (χ3v) is 7.61. The van der Waals surface area contributed by atoms with Crippen molar-refractivity contribution in [3.63, 3.8) is 0 Å². The molecule has 2 fully saturated rings. The van der Waals surface area contributed by atoms with Gasteiger partial charge in [0.2, 0.25) is 15.9 Å². The molecule has 1 amide bonds. The van der Waals surface area contributed by atoms with Crippen LogP contribution in [0.3, 0.4) is 0 Å². The van der Waals surface area contributed by atoms with Gasteiger partial charge in [0.15, 0.2) is 0 Å². The zero-order valence-corrected chi connectivity index (χ0v) is 16.8. The molecule has 1 spiro atoms. The van der Waals surface area contributed by atoms with Crippen molar-refractivity contribution in [3.05, 3.63) is 0 Å². The predicted molar refractivity (Wildman–Crippen MR) is 97.6 cm³/mol. The molecule has 8 heteroatoms. The molecule has 0 aliphatic carbocycles. The van der Waals surface area contributed by atoms with Crippen LogP contribution in [0.5, 0.6) is 0 Å². The zero-order valence-electron chi connectivity index (χ0n) is 16.0. The van der Waals surface area contributed by atoms with Gasteiger partial charge in [0.25, 0.3) is 0 Å². The van der Waals surface area contributed by atoms with Gasteiger partial charge in [0, 0.05) is 33.4 Å². The maximum atomic E-state index is 13.0. The first-order valence-electron chi connectivity index (χ1n) is 9.37. The lowest BCUT2D eigenvalue weighted by molar-refractivity contribution is -0.134. The van der Waals surface area contributed by atoms with Gasteiger partial charge in [-0.2, -0.15) is 0 Å². The standard InChI is InChI=1S/C17H33N3O4S/c1-5-14(3)15-16(21)20(10-7-13-24-4)17(18-15)8-11-19(12-9-17)25(22,23)6-2/h14-15,18H,5-13H2,1-4H3. The molecule has 0 saturated carbocycles. The van der Waals surface area contributed by atoms with E-state index in [0.717, 1.165) is 12.8 Å². The number of hydrogen-bond donors (Lipinski definition) is 1. The molecular weight excluding hydrogens is 342 g/mol.